The molecule has 0 radical (unpaired) electrons. The number of hydrogen-bond donors (Lipinski definition) is 0. The Morgan fingerprint density at radius 3 is 2.08 bits per heavy atom. The fourth-order valence-electron chi connectivity index (χ4n) is 7.60. The van der Waals surface area contributed by atoms with Gasteiger partial charge in [0.2, 0.25) is 0 Å². The predicted molar refractivity (Wildman–Crippen MR) is 198 cm³/mol. The Morgan fingerprint density at radius 2 is 1.30 bits per heavy atom. The molecule has 0 atom stereocenters. The Morgan fingerprint density at radius 1 is 0.580 bits per heavy atom. The Kier molecular flexibility index (Phi) is 6.60. The van der Waals surface area contributed by atoms with Crippen LogP contribution in [0.2, 0.25) is 0 Å². The van der Waals surface area contributed by atoms with E-state index in [1.54, 1.807) is 0 Å². The highest BCUT2D eigenvalue weighted by atomic mass is 15.0. The summed E-state index contributed by atoms with van der Waals surface area (Å²) in [4.78, 5) is 0. The first kappa shape index (κ1) is 28.9. The second-order valence-corrected chi connectivity index (χ2v) is 12.4. The molecule has 0 fully saturated rings. The van der Waals surface area contributed by atoms with Gasteiger partial charge in [-0.05, 0) is 60.2 Å². The van der Waals surface area contributed by atoms with Gasteiger partial charge in [-0.25, -0.2) is 0 Å². The van der Waals surface area contributed by atoms with Gasteiger partial charge >= 0.3 is 0 Å². The predicted octanol–water partition coefficient (Wildman–Crippen LogP) is 9.97. The molecule has 5 heteroatoms. The number of aromatic nitrogens is 2. The molecule has 0 amide bonds. The molecule has 0 aliphatic heterocycles. The van der Waals surface area contributed by atoms with Crippen LogP contribution in [0.3, 0.4) is 0 Å². The van der Waals surface area contributed by atoms with Crippen molar-refractivity contribution >= 4 is 32.7 Å². The van der Waals surface area contributed by atoms with Crippen LogP contribution in [0, 0.1) is 45.8 Å². The monoisotopic (exact) mass is 635 g/mol. The van der Waals surface area contributed by atoms with E-state index in [0.29, 0.717) is 22.3 Å². The van der Waals surface area contributed by atoms with Gasteiger partial charge in [-0.15, -0.1) is 0 Å². The maximum absolute atomic E-state index is 10.8. The number of nitrogens with zero attached hydrogens (tertiary/aromatic N) is 5. The quantitative estimate of drug-likeness (QED) is 0.181. The highest BCUT2D eigenvalue weighted by Crippen LogP contribution is 2.41. The highest BCUT2D eigenvalue weighted by molar-refractivity contribution is 6.10. The van der Waals surface area contributed by atoms with Crippen LogP contribution in [-0.2, 0) is 6.42 Å². The van der Waals surface area contributed by atoms with E-state index in [4.69, 9.17) is 0 Å². The van der Waals surface area contributed by atoms with Crippen molar-refractivity contribution in [2.24, 2.45) is 0 Å². The second-order valence-electron chi connectivity index (χ2n) is 12.4. The average Bonchev–Trinajstić information content (AvgIpc) is 3.70. The van der Waals surface area contributed by atoms with E-state index < -0.39 is 0 Å². The summed E-state index contributed by atoms with van der Waals surface area (Å²) in [6.45, 7) is 0. The lowest BCUT2D eigenvalue weighted by molar-refractivity contribution is 0.901. The largest absolute Gasteiger partial charge is 0.312 e. The molecule has 0 saturated carbocycles. The highest BCUT2D eigenvalue weighted by Gasteiger charge is 2.23. The lowest BCUT2D eigenvalue weighted by Gasteiger charge is -2.18. The summed E-state index contributed by atoms with van der Waals surface area (Å²) in [6, 6.07) is 49.3. The third-order valence-corrected chi connectivity index (χ3v) is 9.76. The minimum absolute atomic E-state index is 0.424. The molecule has 5 nitrogen and oxygen atoms in total. The summed E-state index contributed by atoms with van der Waals surface area (Å²) in [5, 5.41) is 34.0. The minimum atomic E-state index is 0.424. The molecule has 2 heterocycles. The van der Waals surface area contributed by atoms with Gasteiger partial charge in [0.25, 0.3) is 0 Å². The van der Waals surface area contributed by atoms with Crippen LogP contribution in [0.25, 0.3) is 66.3 Å². The summed E-state index contributed by atoms with van der Waals surface area (Å²) in [5.41, 5.74) is 11.7. The van der Waals surface area contributed by atoms with Crippen LogP contribution in [0.5, 0.6) is 0 Å². The first-order chi connectivity index (χ1) is 24.7. The third kappa shape index (κ3) is 4.26. The molecule has 1 aliphatic rings. The Balaban J connectivity index is 1.23. The molecule has 230 valence electrons. The van der Waals surface area contributed by atoms with Crippen molar-refractivity contribution in [1.29, 1.82) is 15.8 Å². The van der Waals surface area contributed by atoms with Gasteiger partial charge in [-0.2, -0.15) is 15.8 Å². The molecule has 0 bridgehead atoms. The van der Waals surface area contributed by atoms with Crippen molar-refractivity contribution in [3.63, 3.8) is 0 Å². The van der Waals surface area contributed by atoms with Gasteiger partial charge in [0.05, 0.1) is 56.6 Å². The number of hydrogen-bond acceptors (Lipinski definition) is 3. The van der Waals surface area contributed by atoms with Crippen LogP contribution in [-0.4, -0.2) is 9.13 Å². The first-order valence-electron chi connectivity index (χ1n) is 16.4. The minimum Gasteiger partial charge on any atom is -0.312 e. The fourth-order valence-corrected chi connectivity index (χ4v) is 7.60. The third-order valence-electron chi connectivity index (χ3n) is 9.76. The van der Waals surface area contributed by atoms with Gasteiger partial charge in [0.15, 0.2) is 0 Å². The van der Waals surface area contributed by atoms with Crippen molar-refractivity contribution < 1.29 is 0 Å². The van der Waals surface area contributed by atoms with Gasteiger partial charge < -0.3 is 9.13 Å². The lowest BCUT2D eigenvalue weighted by atomic mass is 9.88. The zero-order chi connectivity index (χ0) is 33.8. The second kappa shape index (κ2) is 11.4. The summed E-state index contributed by atoms with van der Waals surface area (Å²) in [5.74, 6) is 6.65. The Hall–Kier alpha value is -7.31. The average molecular weight is 636 g/mol. The molecule has 0 N–H and O–H groups in total. The summed E-state index contributed by atoms with van der Waals surface area (Å²) in [7, 11) is 0. The first-order valence-corrected chi connectivity index (χ1v) is 16.4. The standard InChI is InChI=1S/C45H25N5/c46-26-29-17-24-44-38(25-29)36-11-3-7-15-42(36)50(44)43-16-8-4-12-37(43)45-31(27-47)20-23-33(39(45)28-48)30-18-21-32(22-19-30)49-40-13-5-1-9-34(40)35-10-2-6-14-41(35)49/h1,3-5,7-9,11-13,15-25H,6,14H2. The number of para-hydroxylation sites is 3. The van der Waals surface area contributed by atoms with E-state index in [1.165, 1.54) is 5.69 Å². The van der Waals surface area contributed by atoms with Crippen molar-refractivity contribution in [3.8, 4) is 63.7 Å². The molecule has 8 aromatic rings. The fraction of sp³-hybridized carbons (Fsp3) is 0.0444. The van der Waals surface area contributed by atoms with E-state index >= 15 is 0 Å². The van der Waals surface area contributed by atoms with E-state index in [2.05, 4.69) is 99.8 Å². The molecule has 9 rings (SSSR count). The molecule has 0 unspecified atom stereocenters. The summed E-state index contributed by atoms with van der Waals surface area (Å²) in [6.07, 6.45) is 1.72. The molecule has 50 heavy (non-hydrogen) atoms. The van der Waals surface area contributed by atoms with Crippen LogP contribution in [0.15, 0.2) is 127 Å². The molecule has 1 aliphatic carbocycles. The maximum atomic E-state index is 10.8. The van der Waals surface area contributed by atoms with Crippen molar-refractivity contribution in [1.82, 2.24) is 9.13 Å². The molecule has 0 spiro atoms. The topological polar surface area (TPSA) is 81.2 Å². The van der Waals surface area contributed by atoms with Gasteiger partial charge in [0.1, 0.15) is 6.07 Å². The Labute approximate surface area is 288 Å². The van der Waals surface area contributed by atoms with Crippen molar-refractivity contribution in [2.75, 3.05) is 0 Å². The van der Waals surface area contributed by atoms with Crippen LogP contribution < -0.4 is 0 Å². The smallest absolute Gasteiger partial charge is 0.100 e. The van der Waals surface area contributed by atoms with Crippen LogP contribution >= 0.6 is 0 Å². The van der Waals surface area contributed by atoms with Crippen LogP contribution in [0.4, 0.5) is 0 Å². The zero-order valence-corrected chi connectivity index (χ0v) is 26.8. The zero-order valence-electron chi connectivity index (χ0n) is 26.8. The van der Waals surface area contributed by atoms with Gasteiger partial charge in [-0.3, -0.25) is 0 Å². The number of rotatable bonds is 4. The number of nitriles is 3. The number of fused-ring (bicyclic) bond motifs is 6. The van der Waals surface area contributed by atoms with Crippen molar-refractivity contribution in [2.45, 2.75) is 12.8 Å². The van der Waals surface area contributed by atoms with Gasteiger partial charge in [-0.1, -0.05) is 84.6 Å². The molecule has 2 aromatic heterocycles. The SMILES string of the molecule is N#Cc1ccc2c(c1)c1ccccc1n2-c1ccccc1-c1c(C#N)ccc(-c2ccc(-n3c4c(c5ccccc53)C#CCC4)cc2)c1C#N. The van der Waals surface area contributed by atoms with E-state index in [-0.39, 0.29) is 0 Å². The molecular formula is C45H25N5. The summed E-state index contributed by atoms with van der Waals surface area (Å²) < 4.78 is 4.47. The summed E-state index contributed by atoms with van der Waals surface area (Å²) >= 11 is 0. The van der Waals surface area contributed by atoms with E-state index in [0.717, 1.165) is 79.2 Å². The van der Waals surface area contributed by atoms with Gasteiger partial charge in [0, 0.05) is 57.1 Å². The van der Waals surface area contributed by atoms with E-state index in [9.17, 15) is 15.8 Å². The normalized spacial score (nSPS) is 11.8. The van der Waals surface area contributed by atoms with Crippen molar-refractivity contribution in [3.05, 3.63) is 155 Å². The number of benzene rings is 6. The lowest BCUT2D eigenvalue weighted by Crippen LogP contribution is -2.03. The molecule has 6 aromatic carbocycles. The Bertz CT molecular complexity index is 2900. The molecule has 0 saturated heterocycles. The maximum Gasteiger partial charge on any atom is 0.100 e. The molecular weight excluding hydrogens is 611 g/mol. The van der Waals surface area contributed by atoms with E-state index in [1.807, 2.05) is 66.7 Å². The van der Waals surface area contributed by atoms with Crippen LogP contribution in [0.1, 0.15) is 34.4 Å².